The lowest BCUT2D eigenvalue weighted by Gasteiger charge is -2.30. The van der Waals surface area contributed by atoms with E-state index in [0.717, 1.165) is 38.2 Å². The van der Waals surface area contributed by atoms with Gasteiger partial charge < -0.3 is 5.32 Å². The number of nitrogens with zero attached hydrogens (tertiary/aromatic N) is 3. The minimum atomic E-state index is 0.523. The van der Waals surface area contributed by atoms with E-state index in [1.165, 1.54) is 11.3 Å². The Morgan fingerprint density at radius 2 is 2.00 bits per heavy atom. The Labute approximate surface area is 128 Å². The Morgan fingerprint density at radius 3 is 2.62 bits per heavy atom. The van der Waals surface area contributed by atoms with Gasteiger partial charge in [0.25, 0.3) is 0 Å². The van der Waals surface area contributed by atoms with Gasteiger partial charge in [-0.3, -0.25) is 4.90 Å². The van der Waals surface area contributed by atoms with Gasteiger partial charge in [0.2, 0.25) is 0 Å². The zero-order chi connectivity index (χ0) is 15.4. The summed E-state index contributed by atoms with van der Waals surface area (Å²) in [6, 6.07) is 5.33. The van der Waals surface area contributed by atoms with Crippen molar-refractivity contribution in [3.8, 4) is 6.07 Å². The lowest BCUT2D eigenvalue weighted by atomic mass is 10.1. The molecule has 4 heteroatoms. The van der Waals surface area contributed by atoms with Crippen molar-refractivity contribution in [2.75, 3.05) is 18.4 Å². The summed E-state index contributed by atoms with van der Waals surface area (Å²) in [6.45, 7) is 10.6. The summed E-state index contributed by atoms with van der Waals surface area (Å²) in [5.74, 6) is 0.755. The van der Waals surface area contributed by atoms with Crippen LogP contribution in [-0.2, 0) is 12.8 Å². The maximum absolute atomic E-state index is 9.29. The van der Waals surface area contributed by atoms with Crippen molar-refractivity contribution in [2.24, 2.45) is 0 Å². The Hall–Kier alpha value is -1.60. The van der Waals surface area contributed by atoms with Crippen LogP contribution in [0.3, 0.4) is 0 Å². The molecule has 21 heavy (non-hydrogen) atoms. The van der Waals surface area contributed by atoms with E-state index in [9.17, 15) is 5.26 Å². The van der Waals surface area contributed by atoms with Crippen molar-refractivity contribution in [1.82, 2.24) is 9.88 Å². The summed E-state index contributed by atoms with van der Waals surface area (Å²) in [7, 11) is 0. The highest BCUT2D eigenvalue weighted by atomic mass is 15.2. The topological polar surface area (TPSA) is 52.0 Å². The van der Waals surface area contributed by atoms with Gasteiger partial charge in [-0.25, -0.2) is 4.98 Å². The third-order valence-electron chi connectivity index (χ3n) is 4.16. The monoisotopic (exact) mass is 286 g/mol. The number of anilines is 1. The molecule has 1 aliphatic rings. The average molecular weight is 286 g/mol. The van der Waals surface area contributed by atoms with E-state index in [4.69, 9.17) is 0 Å². The number of aromatic nitrogens is 1. The van der Waals surface area contributed by atoms with Crippen LogP contribution in [0.15, 0.2) is 6.07 Å². The second kappa shape index (κ2) is 6.91. The van der Waals surface area contributed by atoms with Gasteiger partial charge in [-0.2, -0.15) is 5.26 Å². The quantitative estimate of drug-likeness (QED) is 0.873. The van der Waals surface area contributed by atoms with Crippen LogP contribution in [0, 0.1) is 11.3 Å². The van der Waals surface area contributed by atoms with Crippen molar-refractivity contribution in [1.29, 1.82) is 5.26 Å². The average Bonchev–Trinajstić information content (AvgIpc) is 2.88. The van der Waals surface area contributed by atoms with E-state index in [1.807, 2.05) is 6.07 Å². The summed E-state index contributed by atoms with van der Waals surface area (Å²) in [6.07, 6.45) is 3.26. The second-order valence-electron chi connectivity index (χ2n) is 6.31. The van der Waals surface area contributed by atoms with E-state index in [2.05, 4.69) is 49.0 Å². The molecule has 0 saturated heterocycles. The summed E-state index contributed by atoms with van der Waals surface area (Å²) in [5, 5.41) is 12.7. The summed E-state index contributed by atoms with van der Waals surface area (Å²) in [4.78, 5) is 7.10. The lowest BCUT2D eigenvalue weighted by Crippen LogP contribution is -2.40. The molecule has 1 N–H and O–H groups in total. The number of rotatable bonds is 6. The predicted octanol–water partition coefficient (Wildman–Crippen LogP) is 2.97. The van der Waals surface area contributed by atoms with E-state index in [0.29, 0.717) is 17.6 Å². The zero-order valence-corrected chi connectivity index (χ0v) is 13.6. The molecule has 0 unspecified atom stereocenters. The lowest BCUT2D eigenvalue weighted by molar-refractivity contribution is 0.182. The first-order valence-electron chi connectivity index (χ1n) is 7.95. The number of aryl methyl sites for hydroxylation is 2. The smallest absolute Gasteiger partial charge is 0.144 e. The molecule has 1 heterocycles. The van der Waals surface area contributed by atoms with Gasteiger partial charge in [0, 0.05) is 30.9 Å². The van der Waals surface area contributed by atoms with Gasteiger partial charge in [0.1, 0.15) is 11.9 Å². The van der Waals surface area contributed by atoms with Crippen molar-refractivity contribution in [3.63, 3.8) is 0 Å². The Kier molecular flexibility index (Phi) is 5.19. The molecule has 0 radical (unpaired) electrons. The van der Waals surface area contributed by atoms with Crippen molar-refractivity contribution >= 4 is 5.82 Å². The molecule has 114 valence electrons. The first kappa shape index (κ1) is 15.8. The third kappa shape index (κ3) is 3.74. The van der Waals surface area contributed by atoms with Gasteiger partial charge >= 0.3 is 0 Å². The minimum Gasteiger partial charge on any atom is -0.368 e. The highest BCUT2D eigenvalue weighted by Gasteiger charge is 2.17. The molecular formula is C17H26N4. The standard InChI is InChI=1S/C17H26N4/c1-12(2)21(13(3)4)9-8-19-17-15(11-18)10-14-6-5-7-16(14)20-17/h10,12-13H,5-9H2,1-4H3,(H,19,20). The molecule has 0 amide bonds. The Morgan fingerprint density at radius 1 is 1.29 bits per heavy atom. The molecule has 1 aromatic rings. The molecule has 0 aromatic carbocycles. The van der Waals surface area contributed by atoms with Crippen LogP contribution in [0.4, 0.5) is 5.82 Å². The molecule has 4 nitrogen and oxygen atoms in total. The van der Waals surface area contributed by atoms with Crippen molar-refractivity contribution < 1.29 is 0 Å². The number of nitriles is 1. The first-order chi connectivity index (χ1) is 10.0. The highest BCUT2D eigenvalue weighted by molar-refractivity contribution is 5.55. The van der Waals surface area contributed by atoms with Crippen LogP contribution < -0.4 is 5.32 Å². The molecule has 1 aliphatic carbocycles. The van der Waals surface area contributed by atoms with Crippen molar-refractivity contribution in [2.45, 2.75) is 59.0 Å². The summed E-state index contributed by atoms with van der Waals surface area (Å²) in [5.41, 5.74) is 3.10. The van der Waals surface area contributed by atoms with E-state index in [1.54, 1.807) is 0 Å². The highest BCUT2D eigenvalue weighted by Crippen LogP contribution is 2.24. The van der Waals surface area contributed by atoms with E-state index < -0.39 is 0 Å². The molecule has 0 atom stereocenters. The third-order valence-corrected chi connectivity index (χ3v) is 4.16. The zero-order valence-electron chi connectivity index (χ0n) is 13.6. The molecule has 0 saturated carbocycles. The molecule has 0 spiro atoms. The van der Waals surface area contributed by atoms with E-state index in [-0.39, 0.29) is 0 Å². The van der Waals surface area contributed by atoms with Gasteiger partial charge in [-0.15, -0.1) is 0 Å². The van der Waals surface area contributed by atoms with Crippen molar-refractivity contribution in [3.05, 3.63) is 22.9 Å². The minimum absolute atomic E-state index is 0.523. The fourth-order valence-electron chi connectivity index (χ4n) is 3.11. The van der Waals surface area contributed by atoms with Crippen LogP contribution >= 0.6 is 0 Å². The molecule has 0 fully saturated rings. The molecule has 0 bridgehead atoms. The maximum atomic E-state index is 9.29. The summed E-state index contributed by atoms with van der Waals surface area (Å²) >= 11 is 0. The van der Waals surface area contributed by atoms with Gasteiger partial charge in [0.05, 0.1) is 5.56 Å². The number of fused-ring (bicyclic) bond motifs is 1. The fourth-order valence-corrected chi connectivity index (χ4v) is 3.11. The van der Waals surface area contributed by atoms with Gasteiger partial charge in [-0.05, 0) is 58.6 Å². The Balaban J connectivity index is 2.02. The van der Waals surface area contributed by atoms with Crippen LogP contribution in [0.5, 0.6) is 0 Å². The predicted molar refractivity (Wildman–Crippen MR) is 86.4 cm³/mol. The Bertz CT molecular complexity index is 520. The van der Waals surface area contributed by atoms with Crippen LogP contribution in [-0.4, -0.2) is 35.1 Å². The number of hydrogen-bond acceptors (Lipinski definition) is 4. The number of pyridine rings is 1. The molecule has 0 aliphatic heterocycles. The first-order valence-corrected chi connectivity index (χ1v) is 7.95. The van der Waals surface area contributed by atoms with Crippen LogP contribution in [0.1, 0.15) is 50.9 Å². The SMILES string of the molecule is CC(C)N(CCNc1nc2c(cc1C#N)CCC2)C(C)C. The molecule has 2 rings (SSSR count). The van der Waals surface area contributed by atoms with Crippen LogP contribution in [0.2, 0.25) is 0 Å². The van der Waals surface area contributed by atoms with E-state index >= 15 is 0 Å². The summed E-state index contributed by atoms with van der Waals surface area (Å²) < 4.78 is 0. The second-order valence-corrected chi connectivity index (χ2v) is 6.31. The largest absolute Gasteiger partial charge is 0.368 e. The number of nitrogens with one attached hydrogen (secondary N) is 1. The molecule has 1 aromatic heterocycles. The fraction of sp³-hybridized carbons (Fsp3) is 0.647. The molecular weight excluding hydrogens is 260 g/mol. The number of hydrogen-bond donors (Lipinski definition) is 1. The normalized spacial score (nSPS) is 13.8. The maximum Gasteiger partial charge on any atom is 0.144 e. The van der Waals surface area contributed by atoms with Crippen LogP contribution in [0.25, 0.3) is 0 Å². The van der Waals surface area contributed by atoms with Gasteiger partial charge in [0.15, 0.2) is 0 Å². The van der Waals surface area contributed by atoms with Gasteiger partial charge in [-0.1, -0.05) is 0 Å².